The highest BCUT2D eigenvalue weighted by atomic mass is 35.5. The predicted octanol–water partition coefficient (Wildman–Crippen LogP) is 6.75. The molecular formula is C30H32ClF2N3O6S. The van der Waals surface area contributed by atoms with Crippen LogP contribution >= 0.6 is 11.6 Å². The van der Waals surface area contributed by atoms with Crippen molar-refractivity contribution < 1.29 is 36.3 Å². The summed E-state index contributed by atoms with van der Waals surface area (Å²) in [4.78, 5) is 27.5. The molecule has 9 nitrogen and oxygen atoms in total. The number of sulfonamides is 1. The van der Waals surface area contributed by atoms with Crippen molar-refractivity contribution in [2.24, 2.45) is 0 Å². The molecule has 0 saturated carbocycles. The summed E-state index contributed by atoms with van der Waals surface area (Å²) >= 11 is 5.99. The fourth-order valence-corrected chi connectivity index (χ4v) is 5.33. The molecule has 4 aromatic rings. The van der Waals surface area contributed by atoms with Gasteiger partial charge in [0.05, 0.1) is 28.7 Å². The van der Waals surface area contributed by atoms with Crippen molar-refractivity contribution in [3.05, 3.63) is 82.6 Å². The Bertz CT molecular complexity index is 1710. The Morgan fingerprint density at radius 1 is 1.12 bits per heavy atom. The van der Waals surface area contributed by atoms with Gasteiger partial charge in [-0.25, -0.2) is 22.2 Å². The molecule has 2 heterocycles. The van der Waals surface area contributed by atoms with Gasteiger partial charge in [-0.3, -0.25) is 14.3 Å². The Balaban J connectivity index is 0.000000765. The van der Waals surface area contributed by atoms with Crippen LogP contribution in [-0.4, -0.2) is 49.2 Å². The maximum Gasteiger partial charge on any atom is 0.293 e. The summed E-state index contributed by atoms with van der Waals surface area (Å²) in [6.45, 7) is 7.43. The lowest BCUT2D eigenvalue weighted by Gasteiger charge is -2.12. The second kappa shape index (κ2) is 14.5. The van der Waals surface area contributed by atoms with E-state index in [-0.39, 0.29) is 17.4 Å². The van der Waals surface area contributed by atoms with E-state index in [0.717, 1.165) is 17.7 Å². The average molecular weight is 636 g/mol. The van der Waals surface area contributed by atoms with Crippen LogP contribution in [0.1, 0.15) is 56.3 Å². The van der Waals surface area contributed by atoms with Gasteiger partial charge in [-0.1, -0.05) is 30.7 Å². The molecular weight excluding hydrogens is 604 g/mol. The number of methoxy groups -OCH3 is 1. The molecule has 0 aliphatic heterocycles. The van der Waals surface area contributed by atoms with E-state index >= 15 is 4.39 Å². The number of aromatic nitrogens is 2. The number of ether oxygens (including phenoxy) is 2. The number of ketones is 1. The number of hydrogen-bond donors (Lipinski definition) is 1. The molecule has 0 aliphatic carbocycles. The number of fused-ring (bicyclic) bond motifs is 1. The van der Waals surface area contributed by atoms with Crippen LogP contribution in [0.15, 0.2) is 54.9 Å². The molecule has 13 heteroatoms. The van der Waals surface area contributed by atoms with Crippen molar-refractivity contribution in [2.45, 2.75) is 46.4 Å². The van der Waals surface area contributed by atoms with Gasteiger partial charge in [-0.15, -0.1) is 0 Å². The molecule has 230 valence electrons. The molecule has 1 unspecified atom stereocenters. The average Bonchev–Trinajstić information content (AvgIpc) is 3.34. The van der Waals surface area contributed by atoms with Crippen LogP contribution in [0.3, 0.4) is 0 Å². The van der Waals surface area contributed by atoms with E-state index in [0.29, 0.717) is 34.5 Å². The van der Waals surface area contributed by atoms with Crippen LogP contribution in [0.2, 0.25) is 5.02 Å². The van der Waals surface area contributed by atoms with Gasteiger partial charge in [-0.05, 0) is 63.1 Å². The second-order valence-electron chi connectivity index (χ2n) is 9.70. The van der Waals surface area contributed by atoms with Crippen LogP contribution in [0.25, 0.3) is 22.2 Å². The minimum Gasteiger partial charge on any atom is -0.465 e. The Morgan fingerprint density at radius 3 is 2.35 bits per heavy atom. The summed E-state index contributed by atoms with van der Waals surface area (Å²) in [5.74, 6) is -3.64. The second-order valence-corrected chi connectivity index (χ2v) is 12.0. The third-order valence-electron chi connectivity index (χ3n) is 6.21. The first-order chi connectivity index (χ1) is 20.3. The third-order valence-corrected chi connectivity index (χ3v) is 7.94. The van der Waals surface area contributed by atoms with Crippen molar-refractivity contribution in [1.29, 1.82) is 0 Å². The molecule has 4 rings (SSSR count). The molecule has 0 spiro atoms. The summed E-state index contributed by atoms with van der Waals surface area (Å²) in [6.07, 6.45) is 2.82. The number of anilines is 1. The fraction of sp³-hybridized carbons (Fsp3) is 0.300. The zero-order valence-corrected chi connectivity index (χ0v) is 25.8. The van der Waals surface area contributed by atoms with Gasteiger partial charge < -0.3 is 14.0 Å². The van der Waals surface area contributed by atoms with Gasteiger partial charge in [-0.2, -0.15) is 0 Å². The minimum absolute atomic E-state index is 0.0198. The highest BCUT2D eigenvalue weighted by Gasteiger charge is 2.27. The number of halogens is 3. The summed E-state index contributed by atoms with van der Waals surface area (Å²) in [6, 6.07) is 10.5. The summed E-state index contributed by atoms with van der Waals surface area (Å²) in [7, 11) is -2.40. The van der Waals surface area contributed by atoms with Crippen molar-refractivity contribution in [1.82, 2.24) is 9.55 Å². The molecule has 0 saturated heterocycles. The van der Waals surface area contributed by atoms with Gasteiger partial charge in [0, 0.05) is 35.5 Å². The van der Waals surface area contributed by atoms with Crippen molar-refractivity contribution in [2.75, 3.05) is 17.6 Å². The number of carbonyl (C=O) groups excluding carboxylic acids is 2. The highest BCUT2D eigenvalue weighted by Crippen LogP contribution is 2.32. The van der Waals surface area contributed by atoms with E-state index in [1.807, 2.05) is 0 Å². The molecule has 0 aliphatic rings. The van der Waals surface area contributed by atoms with E-state index in [9.17, 15) is 22.4 Å². The summed E-state index contributed by atoms with van der Waals surface area (Å²) in [5, 5.41) is 0.895. The van der Waals surface area contributed by atoms with Crippen LogP contribution in [0.5, 0.6) is 0 Å². The molecule has 0 radical (unpaired) electrons. The monoisotopic (exact) mass is 635 g/mol. The van der Waals surface area contributed by atoms with Crippen molar-refractivity contribution >= 4 is 50.6 Å². The number of carbonyl (C=O) groups is 2. The number of pyridine rings is 1. The van der Waals surface area contributed by atoms with Crippen LogP contribution in [-0.2, 0) is 24.3 Å². The Morgan fingerprint density at radius 2 is 1.79 bits per heavy atom. The Kier molecular flexibility index (Phi) is 11.4. The van der Waals surface area contributed by atoms with E-state index in [4.69, 9.17) is 16.3 Å². The highest BCUT2D eigenvalue weighted by molar-refractivity contribution is 7.92. The zero-order chi connectivity index (χ0) is 31.9. The minimum atomic E-state index is -3.88. The maximum atomic E-state index is 15.4. The molecule has 1 atom stereocenters. The Hall–Kier alpha value is -3.87. The molecule has 0 fully saturated rings. The van der Waals surface area contributed by atoms with Crippen molar-refractivity contribution in [3.63, 3.8) is 0 Å². The first-order valence-electron chi connectivity index (χ1n) is 13.2. The largest absolute Gasteiger partial charge is 0.465 e. The molecule has 0 bridgehead atoms. The molecule has 0 amide bonds. The maximum absolute atomic E-state index is 15.4. The number of hydrogen-bond acceptors (Lipinski definition) is 7. The number of nitrogens with zero attached hydrogens (tertiary/aromatic N) is 2. The van der Waals surface area contributed by atoms with Crippen LogP contribution < -0.4 is 4.72 Å². The number of benzene rings is 2. The summed E-state index contributed by atoms with van der Waals surface area (Å²) in [5.41, 5.74) is 0.395. The first-order valence-corrected chi connectivity index (χ1v) is 15.3. The molecule has 2 aromatic carbocycles. The fourth-order valence-electron chi connectivity index (χ4n) is 4.08. The van der Waals surface area contributed by atoms with Gasteiger partial charge in [0.2, 0.25) is 15.8 Å². The lowest BCUT2D eigenvalue weighted by atomic mass is 10.00. The number of nitrogens with one attached hydrogen (secondary N) is 1. The quantitative estimate of drug-likeness (QED) is 0.143. The van der Waals surface area contributed by atoms with E-state index in [2.05, 4.69) is 14.4 Å². The predicted molar refractivity (Wildman–Crippen MR) is 162 cm³/mol. The van der Waals surface area contributed by atoms with E-state index < -0.39 is 44.9 Å². The van der Waals surface area contributed by atoms with Crippen LogP contribution in [0, 0.1) is 11.6 Å². The standard InChI is InChI=1S/C26H24ClF2N3O4S.C4H8O2/c1-4-11-37(34,35)31-22-10-9-21(28)23(24(22)29)25(33)20-14-32(15(2)36-3)26-19(20)12-17(13-30-26)16-5-7-18(27)8-6-16;1-4(2)6-3-5/h5-10,12-15,31H,4,11H2,1-3H3;3-4H,1-2H3. The zero-order valence-electron chi connectivity index (χ0n) is 24.2. The van der Waals surface area contributed by atoms with Gasteiger partial charge in [0.1, 0.15) is 17.7 Å². The van der Waals surface area contributed by atoms with Gasteiger partial charge in [0.15, 0.2) is 5.82 Å². The van der Waals surface area contributed by atoms with Gasteiger partial charge in [0.25, 0.3) is 6.47 Å². The van der Waals surface area contributed by atoms with E-state index in [1.54, 1.807) is 68.8 Å². The van der Waals surface area contributed by atoms with Crippen LogP contribution in [0.4, 0.5) is 14.5 Å². The SMILES string of the molecule is CC(C)OC=O.CCCS(=O)(=O)Nc1ccc(F)c(C(=O)c2cn(C(C)OC)c3ncc(-c4ccc(Cl)cc4)cc23)c1F. The van der Waals surface area contributed by atoms with E-state index in [1.165, 1.54) is 13.3 Å². The lowest BCUT2D eigenvalue weighted by Crippen LogP contribution is -2.18. The smallest absolute Gasteiger partial charge is 0.293 e. The first kappa shape index (κ1) is 33.6. The van der Waals surface area contributed by atoms with Crippen molar-refractivity contribution in [3.8, 4) is 11.1 Å². The summed E-state index contributed by atoms with van der Waals surface area (Å²) < 4.78 is 68.1. The molecule has 2 aromatic heterocycles. The molecule has 43 heavy (non-hydrogen) atoms. The van der Waals surface area contributed by atoms with Gasteiger partial charge >= 0.3 is 0 Å². The Labute approximate surface area is 253 Å². The third kappa shape index (κ3) is 8.15. The number of rotatable bonds is 11. The molecule has 1 N–H and O–H groups in total. The lowest BCUT2D eigenvalue weighted by molar-refractivity contribution is -0.131. The topological polar surface area (TPSA) is 117 Å². The normalized spacial score (nSPS) is 12.0.